The van der Waals surface area contributed by atoms with Crippen LogP contribution in [0.25, 0.3) is 0 Å². The highest BCUT2D eigenvalue weighted by Crippen LogP contribution is 2.20. The minimum atomic E-state index is -0.308. The minimum Gasteiger partial charge on any atom is -0.380 e. The van der Waals surface area contributed by atoms with Crippen LogP contribution in [0, 0.1) is 5.82 Å². The van der Waals surface area contributed by atoms with E-state index in [0.717, 1.165) is 11.1 Å². The predicted octanol–water partition coefficient (Wildman–Crippen LogP) is 4.24. The topological polar surface area (TPSA) is 21.3 Å². The normalized spacial score (nSPS) is 10.5. The van der Waals surface area contributed by atoms with Crippen molar-refractivity contribution in [2.24, 2.45) is 0 Å². The Morgan fingerprint density at radius 1 is 1.16 bits per heavy atom. The van der Waals surface area contributed by atoms with Crippen molar-refractivity contribution in [3.8, 4) is 0 Å². The highest BCUT2D eigenvalue weighted by atomic mass is 35.5. The van der Waals surface area contributed by atoms with E-state index in [1.54, 1.807) is 13.2 Å². The van der Waals surface area contributed by atoms with E-state index < -0.39 is 0 Å². The molecule has 0 unspecified atom stereocenters. The van der Waals surface area contributed by atoms with E-state index in [2.05, 4.69) is 5.32 Å². The maximum absolute atomic E-state index is 13.5. The van der Waals surface area contributed by atoms with E-state index in [0.29, 0.717) is 23.9 Å². The molecule has 0 aliphatic heterocycles. The molecule has 0 aliphatic rings. The van der Waals surface area contributed by atoms with Crippen molar-refractivity contribution in [1.82, 2.24) is 0 Å². The largest absolute Gasteiger partial charge is 0.380 e. The van der Waals surface area contributed by atoms with Gasteiger partial charge in [-0.15, -0.1) is 0 Å². The third-order valence-corrected chi connectivity index (χ3v) is 2.95. The van der Waals surface area contributed by atoms with Crippen LogP contribution in [0.5, 0.6) is 0 Å². The Balaban J connectivity index is 2.05. The number of anilines is 1. The zero-order chi connectivity index (χ0) is 13.7. The molecule has 0 aromatic heterocycles. The first kappa shape index (κ1) is 13.8. The molecule has 0 bridgehead atoms. The number of benzene rings is 2. The lowest BCUT2D eigenvalue weighted by Crippen LogP contribution is -2.02. The third kappa shape index (κ3) is 3.94. The lowest BCUT2D eigenvalue weighted by Gasteiger charge is -2.09. The number of nitrogens with one attached hydrogen (secondary N) is 1. The molecule has 4 heteroatoms. The monoisotopic (exact) mass is 279 g/mol. The van der Waals surface area contributed by atoms with Gasteiger partial charge in [-0.2, -0.15) is 0 Å². The van der Waals surface area contributed by atoms with Crippen molar-refractivity contribution in [2.45, 2.75) is 13.2 Å². The smallest absolute Gasteiger partial charge is 0.146 e. The van der Waals surface area contributed by atoms with Gasteiger partial charge in [-0.25, -0.2) is 4.39 Å². The highest BCUT2D eigenvalue weighted by Gasteiger charge is 2.03. The Morgan fingerprint density at radius 3 is 2.74 bits per heavy atom. The summed E-state index contributed by atoms with van der Waals surface area (Å²) < 4.78 is 18.6. The first-order chi connectivity index (χ1) is 9.19. The summed E-state index contributed by atoms with van der Waals surface area (Å²) in [5.41, 5.74) is 2.56. The highest BCUT2D eigenvalue weighted by molar-refractivity contribution is 6.30. The van der Waals surface area contributed by atoms with Crippen LogP contribution < -0.4 is 5.32 Å². The van der Waals surface area contributed by atoms with Crippen LogP contribution in [0.4, 0.5) is 10.1 Å². The van der Waals surface area contributed by atoms with Gasteiger partial charge in [-0.3, -0.25) is 0 Å². The SMILES string of the molecule is COCc1cccc(CNc2cc(Cl)ccc2F)c1. The molecule has 0 aliphatic carbocycles. The molecule has 0 fully saturated rings. The number of halogens is 2. The first-order valence-electron chi connectivity index (χ1n) is 5.94. The van der Waals surface area contributed by atoms with Gasteiger partial charge in [0.15, 0.2) is 0 Å². The van der Waals surface area contributed by atoms with Crippen molar-refractivity contribution < 1.29 is 9.13 Å². The Kier molecular flexibility index (Phi) is 4.77. The third-order valence-electron chi connectivity index (χ3n) is 2.71. The van der Waals surface area contributed by atoms with Crippen LogP contribution in [-0.2, 0) is 17.9 Å². The van der Waals surface area contributed by atoms with Crippen molar-refractivity contribution in [2.75, 3.05) is 12.4 Å². The predicted molar refractivity (Wildman–Crippen MR) is 75.9 cm³/mol. The fourth-order valence-corrected chi connectivity index (χ4v) is 2.00. The summed E-state index contributed by atoms with van der Waals surface area (Å²) in [6, 6.07) is 12.4. The van der Waals surface area contributed by atoms with E-state index >= 15 is 0 Å². The van der Waals surface area contributed by atoms with Gasteiger partial charge < -0.3 is 10.1 Å². The molecular formula is C15H15ClFNO. The van der Waals surface area contributed by atoms with Crippen molar-refractivity contribution in [3.05, 3.63) is 64.4 Å². The van der Waals surface area contributed by atoms with Gasteiger partial charge in [-0.05, 0) is 29.3 Å². The summed E-state index contributed by atoms with van der Waals surface area (Å²) in [6.07, 6.45) is 0. The van der Waals surface area contributed by atoms with Gasteiger partial charge >= 0.3 is 0 Å². The maximum Gasteiger partial charge on any atom is 0.146 e. The van der Waals surface area contributed by atoms with E-state index in [-0.39, 0.29) is 5.82 Å². The van der Waals surface area contributed by atoms with E-state index in [1.165, 1.54) is 12.1 Å². The lowest BCUT2D eigenvalue weighted by molar-refractivity contribution is 0.185. The standard InChI is InChI=1S/C15H15ClFNO/c1-19-10-12-4-2-3-11(7-12)9-18-15-8-13(16)5-6-14(15)17/h2-8,18H,9-10H2,1H3. The Hall–Kier alpha value is -1.58. The molecule has 2 nitrogen and oxygen atoms in total. The van der Waals surface area contributed by atoms with Crippen LogP contribution in [0.2, 0.25) is 5.02 Å². The number of hydrogen-bond acceptors (Lipinski definition) is 2. The summed E-state index contributed by atoms with van der Waals surface area (Å²) >= 11 is 5.84. The fraction of sp³-hybridized carbons (Fsp3) is 0.200. The molecule has 1 N–H and O–H groups in total. The summed E-state index contributed by atoms with van der Waals surface area (Å²) in [5.74, 6) is -0.308. The lowest BCUT2D eigenvalue weighted by atomic mass is 10.1. The number of hydrogen-bond donors (Lipinski definition) is 1. The van der Waals surface area contributed by atoms with E-state index in [1.807, 2.05) is 24.3 Å². The summed E-state index contributed by atoms with van der Waals surface area (Å²) in [4.78, 5) is 0. The van der Waals surface area contributed by atoms with Crippen LogP contribution >= 0.6 is 11.6 Å². The molecule has 0 spiro atoms. The first-order valence-corrected chi connectivity index (χ1v) is 6.32. The van der Waals surface area contributed by atoms with Gasteiger partial charge in [0.1, 0.15) is 5.82 Å². The zero-order valence-corrected chi connectivity index (χ0v) is 11.4. The van der Waals surface area contributed by atoms with Crippen molar-refractivity contribution in [3.63, 3.8) is 0 Å². The van der Waals surface area contributed by atoms with Crippen LogP contribution in [0.3, 0.4) is 0 Å². The van der Waals surface area contributed by atoms with Crippen LogP contribution in [-0.4, -0.2) is 7.11 Å². The molecule has 0 saturated heterocycles. The second-order valence-corrected chi connectivity index (χ2v) is 4.67. The quantitative estimate of drug-likeness (QED) is 0.884. The Labute approximate surface area is 117 Å². The van der Waals surface area contributed by atoms with Gasteiger partial charge in [0.05, 0.1) is 12.3 Å². The van der Waals surface area contributed by atoms with Gasteiger partial charge in [0, 0.05) is 18.7 Å². The van der Waals surface area contributed by atoms with Crippen molar-refractivity contribution in [1.29, 1.82) is 0 Å². The molecule has 2 rings (SSSR count). The Bertz CT molecular complexity index is 560. The number of methoxy groups -OCH3 is 1. The molecule has 0 amide bonds. The fourth-order valence-electron chi connectivity index (χ4n) is 1.83. The average Bonchev–Trinajstić information content (AvgIpc) is 2.41. The van der Waals surface area contributed by atoms with Crippen molar-refractivity contribution >= 4 is 17.3 Å². The number of rotatable bonds is 5. The summed E-state index contributed by atoms with van der Waals surface area (Å²) in [6.45, 7) is 1.11. The number of ether oxygens (including phenoxy) is 1. The second-order valence-electron chi connectivity index (χ2n) is 4.23. The molecular weight excluding hydrogens is 265 g/mol. The van der Waals surface area contributed by atoms with Crippen LogP contribution in [0.1, 0.15) is 11.1 Å². The van der Waals surface area contributed by atoms with E-state index in [9.17, 15) is 4.39 Å². The average molecular weight is 280 g/mol. The van der Waals surface area contributed by atoms with E-state index in [4.69, 9.17) is 16.3 Å². The molecule has 0 saturated carbocycles. The molecule has 19 heavy (non-hydrogen) atoms. The zero-order valence-electron chi connectivity index (χ0n) is 10.6. The van der Waals surface area contributed by atoms with Gasteiger partial charge in [-0.1, -0.05) is 35.9 Å². The van der Waals surface area contributed by atoms with Gasteiger partial charge in [0.2, 0.25) is 0 Å². The molecule has 0 heterocycles. The maximum atomic E-state index is 13.5. The minimum absolute atomic E-state index is 0.308. The summed E-state index contributed by atoms with van der Waals surface area (Å²) in [5, 5.41) is 3.55. The summed E-state index contributed by atoms with van der Waals surface area (Å²) in [7, 11) is 1.66. The molecule has 0 atom stereocenters. The molecule has 2 aromatic carbocycles. The molecule has 100 valence electrons. The molecule has 2 aromatic rings. The van der Waals surface area contributed by atoms with Gasteiger partial charge in [0.25, 0.3) is 0 Å². The van der Waals surface area contributed by atoms with Crippen LogP contribution in [0.15, 0.2) is 42.5 Å². The second kappa shape index (κ2) is 6.55. The molecule has 0 radical (unpaired) electrons. The Morgan fingerprint density at radius 2 is 1.95 bits per heavy atom.